The number of hydrogen-bond acceptors (Lipinski definition) is 6. The summed E-state index contributed by atoms with van der Waals surface area (Å²) in [6.45, 7) is 0.580. The third-order valence-corrected chi connectivity index (χ3v) is 5.65. The fraction of sp³-hybridized carbons (Fsp3) is 0.391. The highest BCUT2D eigenvalue weighted by Crippen LogP contribution is 2.35. The van der Waals surface area contributed by atoms with Crippen LogP contribution in [0.3, 0.4) is 0 Å². The summed E-state index contributed by atoms with van der Waals surface area (Å²) in [5, 5.41) is 14.0. The van der Waals surface area contributed by atoms with Crippen LogP contribution in [0.25, 0.3) is 5.57 Å². The van der Waals surface area contributed by atoms with Crippen LogP contribution < -0.4 is 10.6 Å². The molecule has 3 N–H and O–H groups in total. The zero-order chi connectivity index (χ0) is 25.8. The largest absolute Gasteiger partial charge is 0.419 e. The van der Waals surface area contributed by atoms with Gasteiger partial charge in [-0.2, -0.15) is 13.2 Å². The standard InChI is InChI=1S/C23H25F5N6O/c1-14-8-22(24,25)13-34(18(14)12-33-21-31-9-16(10-32-21)23(26,27)28)20(35)19(29)17(11-30-2)15-6-4-3-5-7-15/h3-7,9-11,14,18,29-30H,8,12-13H2,1-2H3,(H,31,32,33)/b17-11-,29-19?/t14-,18?/m1/s1. The quantitative estimate of drug-likeness (QED) is 0.397. The lowest BCUT2D eigenvalue weighted by Crippen LogP contribution is -2.58. The molecule has 3 rings (SSSR count). The maximum atomic E-state index is 14.5. The summed E-state index contributed by atoms with van der Waals surface area (Å²) in [4.78, 5) is 21.5. The van der Waals surface area contributed by atoms with Gasteiger partial charge in [-0.15, -0.1) is 0 Å². The number of rotatable bonds is 7. The number of nitrogens with one attached hydrogen (secondary N) is 3. The van der Waals surface area contributed by atoms with Gasteiger partial charge >= 0.3 is 6.18 Å². The van der Waals surface area contributed by atoms with Crippen LogP contribution in [0, 0.1) is 11.3 Å². The molecule has 1 saturated heterocycles. The predicted octanol–water partition coefficient (Wildman–Crippen LogP) is 4.06. The Hall–Kier alpha value is -3.57. The molecule has 2 atom stereocenters. The summed E-state index contributed by atoms with van der Waals surface area (Å²) in [6, 6.07) is 7.83. The van der Waals surface area contributed by atoms with Crippen LogP contribution in [-0.2, 0) is 11.0 Å². The molecule has 0 saturated carbocycles. The highest BCUT2D eigenvalue weighted by Gasteiger charge is 2.46. The van der Waals surface area contributed by atoms with E-state index in [1.807, 2.05) is 0 Å². The van der Waals surface area contributed by atoms with Gasteiger partial charge in [-0.25, -0.2) is 18.7 Å². The molecule has 0 bridgehead atoms. The summed E-state index contributed by atoms with van der Waals surface area (Å²) in [5.74, 6) is -4.85. The maximum absolute atomic E-state index is 14.5. The van der Waals surface area contributed by atoms with Gasteiger partial charge in [0.1, 0.15) is 5.71 Å². The van der Waals surface area contributed by atoms with Gasteiger partial charge < -0.3 is 15.5 Å². The second kappa shape index (κ2) is 10.4. The van der Waals surface area contributed by atoms with E-state index >= 15 is 0 Å². The summed E-state index contributed by atoms with van der Waals surface area (Å²) < 4.78 is 67.1. The Balaban J connectivity index is 1.83. The molecule has 1 aromatic heterocycles. The topological polar surface area (TPSA) is 94.0 Å². The van der Waals surface area contributed by atoms with Crippen LogP contribution in [0.5, 0.6) is 0 Å². The number of likely N-dealkylation sites (tertiary alicyclic amines) is 1. The van der Waals surface area contributed by atoms with Gasteiger partial charge in [-0.3, -0.25) is 10.2 Å². The Kier molecular flexibility index (Phi) is 7.71. The van der Waals surface area contributed by atoms with Crippen LogP contribution in [0.4, 0.5) is 27.9 Å². The number of anilines is 1. The van der Waals surface area contributed by atoms with Crippen LogP contribution >= 0.6 is 0 Å². The van der Waals surface area contributed by atoms with E-state index in [9.17, 15) is 26.7 Å². The fourth-order valence-corrected chi connectivity index (χ4v) is 3.96. The van der Waals surface area contributed by atoms with E-state index in [1.165, 1.54) is 6.20 Å². The first kappa shape index (κ1) is 26.0. The van der Waals surface area contributed by atoms with Crippen molar-refractivity contribution in [2.24, 2.45) is 5.92 Å². The number of piperidine rings is 1. The van der Waals surface area contributed by atoms with E-state index < -0.39 is 54.2 Å². The number of carbonyl (C=O) groups excluding carboxylic acids is 1. The molecule has 2 aromatic rings. The van der Waals surface area contributed by atoms with Crippen molar-refractivity contribution in [1.82, 2.24) is 20.2 Å². The lowest BCUT2D eigenvalue weighted by molar-refractivity contribution is -0.145. The lowest BCUT2D eigenvalue weighted by Gasteiger charge is -2.43. The summed E-state index contributed by atoms with van der Waals surface area (Å²) in [5.41, 5.74) is -0.697. The normalized spacial score (nSPS) is 20.3. The maximum Gasteiger partial charge on any atom is 0.419 e. The molecule has 1 aliphatic heterocycles. The number of hydrogen-bond donors (Lipinski definition) is 3. The zero-order valence-electron chi connectivity index (χ0n) is 19.0. The minimum atomic E-state index is -4.59. The van der Waals surface area contributed by atoms with Crippen molar-refractivity contribution in [2.45, 2.75) is 31.5 Å². The van der Waals surface area contributed by atoms with E-state index in [0.29, 0.717) is 18.0 Å². The number of aromatic nitrogens is 2. The molecule has 0 spiro atoms. The van der Waals surface area contributed by atoms with Crippen molar-refractivity contribution >= 4 is 23.1 Å². The van der Waals surface area contributed by atoms with E-state index in [4.69, 9.17) is 5.41 Å². The van der Waals surface area contributed by atoms with Gasteiger partial charge in [0.25, 0.3) is 11.8 Å². The Morgan fingerprint density at radius 1 is 1.23 bits per heavy atom. The molecule has 1 unspecified atom stereocenters. The number of halogens is 5. The van der Waals surface area contributed by atoms with Crippen LogP contribution in [0.15, 0.2) is 48.9 Å². The van der Waals surface area contributed by atoms with Gasteiger partial charge in [0.2, 0.25) is 5.95 Å². The highest BCUT2D eigenvalue weighted by atomic mass is 19.4. The molecule has 0 radical (unpaired) electrons. The second-order valence-corrected chi connectivity index (χ2v) is 8.30. The highest BCUT2D eigenvalue weighted by molar-refractivity contribution is 6.54. The third kappa shape index (κ3) is 6.31. The molecule has 35 heavy (non-hydrogen) atoms. The van der Waals surface area contributed by atoms with Crippen LogP contribution in [-0.4, -0.2) is 58.6 Å². The van der Waals surface area contributed by atoms with Crippen molar-refractivity contribution in [1.29, 1.82) is 5.41 Å². The number of alkyl halides is 5. The van der Waals surface area contributed by atoms with Crippen LogP contribution in [0.2, 0.25) is 0 Å². The Labute approximate surface area is 199 Å². The molecule has 1 aliphatic rings. The van der Waals surface area contributed by atoms with Crippen molar-refractivity contribution in [3.63, 3.8) is 0 Å². The summed E-state index contributed by atoms with van der Waals surface area (Å²) >= 11 is 0. The van der Waals surface area contributed by atoms with Gasteiger partial charge in [-0.05, 0) is 11.5 Å². The monoisotopic (exact) mass is 496 g/mol. The predicted molar refractivity (Wildman–Crippen MR) is 121 cm³/mol. The molecule has 1 amide bonds. The lowest BCUT2D eigenvalue weighted by atomic mass is 9.87. The van der Waals surface area contributed by atoms with Gasteiger partial charge in [0, 0.05) is 44.2 Å². The average molecular weight is 496 g/mol. The SMILES string of the molecule is CN/C=C(\C(=N)C(=O)N1CC(F)(F)C[C@@H](C)C1CNc1ncc(C(F)(F)F)cn1)c1ccccc1. The van der Waals surface area contributed by atoms with Gasteiger partial charge in [-0.1, -0.05) is 37.3 Å². The minimum absolute atomic E-state index is 0.0853. The summed E-state index contributed by atoms with van der Waals surface area (Å²) in [6.07, 6.45) is -2.41. The molecule has 2 heterocycles. The molecule has 0 aliphatic carbocycles. The Morgan fingerprint density at radius 2 is 1.86 bits per heavy atom. The molecular weight excluding hydrogens is 471 g/mol. The first-order chi connectivity index (χ1) is 16.4. The number of nitrogens with zero attached hydrogens (tertiary/aromatic N) is 3. The van der Waals surface area contributed by atoms with Gasteiger partial charge in [0.05, 0.1) is 18.2 Å². The molecule has 1 aromatic carbocycles. The average Bonchev–Trinajstić information content (AvgIpc) is 2.80. The first-order valence-corrected chi connectivity index (χ1v) is 10.8. The van der Waals surface area contributed by atoms with Crippen molar-refractivity contribution in [3.05, 3.63) is 60.1 Å². The molecule has 12 heteroatoms. The molecular formula is C23H25F5N6O. The Bertz CT molecular complexity index is 1070. The van der Waals surface area contributed by atoms with Crippen molar-refractivity contribution < 1.29 is 26.7 Å². The minimum Gasteiger partial charge on any atom is -0.393 e. The number of amides is 1. The van der Waals surface area contributed by atoms with Crippen LogP contribution in [0.1, 0.15) is 24.5 Å². The zero-order valence-corrected chi connectivity index (χ0v) is 19.0. The third-order valence-electron chi connectivity index (χ3n) is 5.65. The molecule has 188 valence electrons. The molecule has 7 nitrogen and oxygen atoms in total. The Morgan fingerprint density at radius 3 is 2.43 bits per heavy atom. The molecule has 1 fully saturated rings. The second-order valence-electron chi connectivity index (χ2n) is 8.30. The number of carbonyl (C=O) groups is 1. The first-order valence-electron chi connectivity index (χ1n) is 10.8. The van der Waals surface area contributed by atoms with E-state index in [2.05, 4.69) is 20.6 Å². The fourth-order valence-electron chi connectivity index (χ4n) is 3.96. The smallest absolute Gasteiger partial charge is 0.393 e. The summed E-state index contributed by atoms with van der Waals surface area (Å²) in [7, 11) is 1.59. The van der Waals surface area contributed by atoms with Gasteiger partial charge in [0.15, 0.2) is 0 Å². The van der Waals surface area contributed by atoms with E-state index in [-0.39, 0.29) is 18.1 Å². The van der Waals surface area contributed by atoms with E-state index in [0.717, 1.165) is 4.90 Å². The van der Waals surface area contributed by atoms with Crippen molar-refractivity contribution in [2.75, 3.05) is 25.5 Å². The number of benzene rings is 1. The van der Waals surface area contributed by atoms with Crippen molar-refractivity contribution in [3.8, 4) is 0 Å². The van der Waals surface area contributed by atoms with E-state index in [1.54, 1.807) is 44.3 Å².